The highest BCUT2D eigenvalue weighted by molar-refractivity contribution is 7.92. The van der Waals surface area contributed by atoms with Crippen molar-refractivity contribution < 1.29 is 17.7 Å². The Balaban J connectivity index is 2.52. The normalized spacial score (nSPS) is 25.0. The van der Waals surface area contributed by atoms with E-state index in [2.05, 4.69) is 4.99 Å². The maximum Gasteiger partial charge on any atom is 0.269 e. The molecule has 0 amide bonds. The Kier molecular flexibility index (Phi) is 3.46. The summed E-state index contributed by atoms with van der Waals surface area (Å²) in [5, 5.41) is 9.77. The average molecular weight is 301 g/mol. The number of sulfone groups is 1. The molecule has 1 aliphatic heterocycles. The number of benzene rings is 1. The van der Waals surface area contributed by atoms with E-state index >= 15 is 0 Å². The number of aliphatic imine (C=N–C) groups is 1. The molecule has 0 aliphatic carbocycles. The SMILES string of the molecule is C[C@@H]1C(N)=N[C@H](c2cc([N+](=O)[O-])ccc2F)CS1(=O)=O. The number of non-ortho nitro benzene ring substituents is 1. The zero-order valence-electron chi connectivity index (χ0n) is 10.5. The summed E-state index contributed by atoms with van der Waals surface area (Å²) >= 11 is 0. The summed E-state index contributed by atoms with van der Waals surface area (Å²) in [6, 6.07) is 1.86. The second-order valence-electron chi connectivity index (χ2n) is 4.50. The lowest BCUT2D eigenvalue weighted by molar-refractivity contribution is -0.385. The third-order valence-electron chi connectivity index (χ3n) is 3.20. The van der Waals surface area contributed by atoms with Crippen LogP contribution in [0, 0.1) is 15.9 Å². The molecule has 1 heterocycles. The van der Waals surface area contributed by atoms with E-state index in [0.717, 1.165) is 18.2 Å². The number of halogens is 1. The number of hydrogen-bond acceptors (Lipinski definition) is 6. The highest BCUT2D eigenvalue weighted by Gasteiger charge is 2.35. The molecule has 7 nitrogen and oxygen atoms in total. The van der Waals surface area contributed by atoms with Crippen molar-refractivity contribution in [2.75, 3.05) is 5.75 Å². The van der Waals surface area contributed by atoms with E-state index < -0.39 is 37.6 Å². The van der Waals surface area contributed by atoms with Crippen LogP contribution in [0.4, 0.5) is 10.1 Å². The van der Waals surface area contributed by atoms with Crippen LogP contribution in [0.5, 0.6) is 0 Å². The Morgan fingerprint density at radius 2 is 2.15 bits per heavy atom. The molecule has 0 bridgehead atoms. The van der Waals surface area contributed by atoms with Crippen molar-refractivity contribution >= 4 is 21.4 Å². The van der Waals surface area contributed by atoms with Crippen molar-refractivity contribution in [3.8, 4) is 0 Å². The van der Waals surface area contributed by atoms with Crippen LogP contribution >= 0.6 is 0 Å². The van der Waals surface area contributed by atoms with Crippen molar-refractivity contribution in [3.63, 3.8) is 0 Å². The minimum absolute atomic E-state index is 0.118. The highest BCUT2D eigenvalue weighted by Crippen LogP contribution is 2.30. The molecule has 0 fully saturated rings. The van der Waals surface area contributed by atoms with Crippen LogP contribution in [0.3, 0.4) is 0 Å². The van der Waals surface area contributed by atoms with Gasteiger partial charge in [-0.1, -0.05) is 0 Å². The Morgan fingerprint density at radius 1 is 1.50 bits per heavy atom. The standard InChI is InChI=1S/C11H12FN3O4S/c1-6-11(13)14-10(5-20(6,18)19)8-4-7(15(16)17)2-3-9(8)12/h2-4,6,10H,5H2,1H3,(H2,13,14)/t6-,10+/m1/s1. The molecule has 0 radical (unpaired) electrons. The van der Waals surface area contributed by atoms with Gasteiger partial charge in [0.15, 0.2) is 9.84 Å². The Bertz CT molecular complexity index is 702. The van der Waals surface area contributed by atoms with Crippen LogP contribution in [0.1, 0.15) is 18.5 Å². The molecule has 0 saturated carbocycles. The molecule has 108 valence electrons. The van der Waals surface area contributed by atoms with Crippen molar-refractivity contribution in [1.82, 2.24) is 0 Å². The highest BCUT2D eigenvalue weighted by atomic mass is 32.2. The molecule has 2 N–H and O–H groups in total. The zero-order valence-corrected chi connectivity index (χ0v) is 11.3. The number of nitrogens with zero attached hydrogens (tertiary/aromatic N) is 2. The summed E-state index contributed by atoms with van der Waals surface area (Å²) in [5.74, 6) is -1.29. The van der Waals surface area contributed by atoms with Crippen LogP contribution in [-0.4, -0.2) is 30.2 Å². The van der Waals surface area contributed by atoms with E-state index in [-0.39, 0.29) is 17.1 Å². The third-order valence-corrected chi connectivity index (χ3v) is 5.30. The van der Waals surface area contributed by atoms with E-state index in [9.17, 15) is 22.9 Å². The summed E-state index contributed by atoms with van der Waals surface area (Å²) in [4.78, 5) is 14.0. The molecule has 20 heavy (non-hydrogen) atoms. The maximum absolute atomic E-state index is 13.8. The molecule has 2 rings (SSSR count). The van der Waals surface area contributed by atoms with E-state index in [4.69, 9.17) is 5.73 Å². The topological polar surface area (TPSA) is 116 Å². The molecule has 1 aromatic rings. The van der Waals surface area contributed by atoms with Gasteiger partial charge < -0.3 is 5.73 Å². The van der Waals surface area contributed by atoms with Crippen LogP contribution < -0.4 is 5.73 Å². The van der Waals surface area contributed by atoms with E-state index in [1.165, 1.54) is 6.92 Å². The number of amidine groups is 1. The molecule has 0 spiro atoms. The quantitative estimate of drug-likeness (QED) is 0.645. The van der Waals surface area contributed by atoms with Crippen molar-refractivity contribution in [3.05, 3.63) is 39.7 Å². The minimum atomic E-state index is -3.55. The van der Waals surface area contributed by atoms with Gasteiger partial charge in [-0.05, 0) is 13.0 Å². The van der Waals surface area contributed by atoms with Crippen LogP contribution in [0.2, 0.25) is 0 Å². The van der Waals surface area contributed by atoms with Gasteiger partial charge in [0.05, 0.1) is 16.7 Å². The third kappa shape index (κ3) is 2.48. The Morgan fingerprint density at radius 3 is 2.70 bits per heavy atom. The predicted molar refractivity (Wildman–Crippen MR) is 70.7 cm³/mol. The first-order chi connectivity index (χ1) is 9.22. The molecule has 0 unspecified atom stereocenters. The second-order valence-corrected chi connectivity index (χ2v) is 6.87. The second kappa shape index (κ2) is 4.82. The molecule has 0 saturated heterocycles. The van der Waals surface area contributed by atoms with Gasteiger partial charge >= 0.3 is 0 Å². The molecule has 1 aromatic carbocycles. The maximum atomic E-state index is 13.8. The first kappa shape index (κ1) is 14.4. The van der Waals surface area contributed by atoms with Gasteiger partial charge in [-0.2, -0.15) is 0 Å². The van der Waals surface area contributed by atoms with Gasteiger partial charge in [-0.3, -0.25) is 15.1 Å². The summed E-state index contributed by atoms with van der Waals surface area (Å²) in [5.41, 5.74) is 5.08. The van der Waals surface area contributed by atoms with Crippen molar-refractivity contribution in [1.29, 1.82) is 0 Å². The lowest BCUT2D eigenvalue weighted by Crippen LogP contribution is -2.40. The predicted octanol–water partition coefficient (Wildman–Crippen LogP) is 0.949. The molecule has 2 atom stereocenters. The number of hydrogen-bond donors (Lipinski definition) is 1. The van der Waals surface area contributed by atoms with Gasteiger partial charge in [0.25, 0.3) is 5.69 Å². The van der Waals surface area contributed by atoms with E-state index in [1.54, 1.807) is 0 Å². The van der Waals surface area contributed by atoms with Gasteiger partial charge in [-0.15, -0.1) is 0 Å². The number of nitro benzene ring substituents is 1. The van der Waals surface area contributed by atoms with Crippen LogP contribution in [0.25, 0.3) is 0 Å². The summed E-state index contributed by atoms with van der Waals surface area (Å²) in [6.07, 6.45) is 0. The molecular weight excluding hydrogens is 289 g/mol. The molecule has 1 aliphatic rings. The number of nitrogens with two attached hydrogens (primary N) is 1. The van der Waals surface area contributed by atoms with E-state index in [1.807, 2.05) is 0 Å². The van der Waals surface area contributed by atoms with Crippen molar-refractivity contribution in [2.45, 2.75) is 18.2 Å². The fourth-order valence-corrected chi connectivity index (χ4v) is 3.34. The molecule has 9 heteroatoms. The lowest BCUT2D eigenvalue weighted by atomic mass is 10.1. The Labute approximate surface area is 114 Å². The number of rotatable bonds is 2. The summed E-state index contributed by atoms with van der Waals surface area (Å²) in [6.45, 7) is 1.40. The molecule has 0 aromatic heterocycles. The van der Waals surface area contributed by atoms with Crippen LogP contribution in [-0.2, 0) is 9.84 Å². The lowest BCUT2D eigenvalue weighted by Gasteiger charge is -2.24. The van der Waals surface area contributed by atoms with Crippen LogP contribution in [0.15, 0.2) is 23.2 Å². The fourth-order valence-electron chi connectivity index (χ4n) is 1.93. The van der Waals surface area contributed by atoms with Gasteiger partial charge in [0.1, 0.15) is 16.9 Å². The minimum Gasteiger partial charge on any atom is -0.386 e. The van der Waals surface area contributed by atoms with Gasteiger partial charge in [0.2, 0.25) is 0 Å². The smallest absolute Gasteiger partial charge is 0.269 e. The fraction of sp³-hybridized carbons (Fsp3) is 0.364. The summed E-state index contributed by atoms with van der Waals surface area (Å²) < 4.78 is 37.5. The number of nitro groups is 1. The van der Waals surface area contributed by atoms with Crippen molar-refractivity contribution in [2.24, 2.45) is 10.7 Å². The summed E-state index contributed by atoms with van der Waals surface area (Å²) in [7, 11) is -3.55. The largest absolute Gasteiger partial charge is 0.386 e. The average Bonchev–Trinajstić information content (AvgIpc) is 2.35. The first-order valence-electron chi connectivity index (χ1n) is 5.71. The Hall–Kier alpha value is -2.03. The monoisotopic (exact) mass is 301 g/mol. The zero-order chi connectivity index (χ0) is 15.1. The van der Waals surface area contributed by atoms with Gasteiger partial charge in [-0.25, -0.2) is 12.8 Å². The van der Waals surface area contributed by atoms with Gasteiger partial charge in [0, 0.05) is 17.7 Å². The van der Waals surface area contributed by atoms with E-state index in [0.29, 0.717) is 0 Å². The molecular formula is C11H12FN3O4S. The first-order valence-corrected chi connectivity index (χ1v) is 7.42.